The van der Waals surface area contributed by atoms with Gasteiger partial charge in [0.1, 0.15) is 12.2 Å². The van der Waals surface area contributed by atoms with E-state index in [0.29, 0.717) is 51.2 Å². The Morgan fingerprint density at radius 3 is 1.82 bits per heavy atom. The third kappa shape index (κ3) is 10.5. The highest BCUT2D eigenvalue weighted by molar-refractivity contribution is 6.66. The molecule has 2 rings (SSSR count). The molecule has 0 saturated carbocycles. The van der Waals surface area contributed by atoms with Gasteiger partial charge in [0.25, 0.3) is 0 Å². The van der Waals surface area contributed by atoms with Gasteiger partial charge in [-0.1, -0.05) is 6.58 Å². The van der Waals surface area contributed by atoms with Gasteiger partial charge in [-0.05, 0) is 51.1 Å². The second-order valence-corrected chi connectivity index (χ2v) is 9.68. The van der Waals surface area contributed by atoms with Crippen molar-refractivity contribution < 1.29 is 32.2 Å². The lowest BCUT2D eigenvalue weighted by Gasteiger charge is -2.28. The summed E-state index contributed by atoms with van der Waals surface area (Å²) in [6.45, 7) is 14.1. The van der Waals surface area contributed by atoms with Gasteiger partial charge in [-0.3, -0.25) is 0 Å². The Morgan fingerprint density at radius 1 is 0.929 bits per heavy atom. The highest BCUT2D eigenvalue weighted by atomic mass is 28.4. The molecule has 0 radical (unpaired) electrons. The third-order valence-corrected chi connectivity index (χ3v) is 7.13. The number of epoxide rings is 2. The SMILES string of the molecule is C=C[Si](OCC)(OCC)OCC(CCCOCC1CO1)CCCOCC1CO1. The fourth-order valence-corrected chi connectivity index (χ4v) is 4.83. The average molecular weight is 419 g/mol. The van der Waals surface area contributed by atoms with Gasteiger partial charge in [0, 0.05) is 33.0 Å². The Hall–Kier alpha value is -0.323. The standard InChI is InChI=1S/C20H38O7Si/c1-4-25-28(6-3,26-5-2)27-13-18(9-7-11-21-14-19-16-23-19)10-8-12-22-15-20-17-24-20/h6,18-20H,3-5,7-17H2,1-2H3. The molecule has 0 N–H and O–H groups in total. The van der Waals surface area contributed by atoms with Crippen LogP contribution in [0.1, 0.15) is 39.5 Å². The first-order valence-electron chi connectivity index (χ1n) is 10.7. The predicted octanol–water partition coefficient (Wildman–Crippen LogP) is 2.75. The van der Waals surface area contributed by atoms with Crippen LogP contribution in [0.5, 0.6) is 0 Å². The summed E-state index contributed by atoms with van der Waals surface area (Å²) in [5.41, 5.74) is 1.73. The normalized spacial score (nSPS) is 22.2. The molecule has 2 saturated heterocycles. The molecule has 2 aliphatic heterocycles. The molecule has 0 bridgehead atoms. The summed E-state index contributed by atoms with van der Waals surface area (Å²) >= 11 is 0. The number of hydrogen-bond donors (Lipinski definition) is 0. The van der Waals surface area contributed by atoms with Crippen LogP contribution in [0, 0.1) is 5.92 Å². The van der Waals surface area contributed by atoms with Crippen LogP contribution in [0.15, 0.2) is 12.3 Å². The molecule has 8 heteroatoms. The molecule has 2 aliphatic rings. The second-order valence-electron chi connectivity index (χ2n) is 7.20. The van der Waals surface area contributed by atoms with Gasteiger partial charge in [0.05, 0.1) is 26.4 Å². The van der Waals surface area contributed by atoms with E-state index in [2.05, 4.69) is 6.58 Å². The number of ether oxygens (including phenoxy) is 4. The Bertz CT molecular complexity index is 387. The number of rotatable bonds is 20. The number of hydrogen-bond acceptors (Lipinski definition) is 7. The maximum atomic E-state index is 6.19. The topological polar surface area (TPSA) is 71.2 Å². The van der Waals surface area contributed by atoms with Gasteiger partial charge in [0.2, 0.25) is 0 Å². The molecule has 0 amide bonds. The van der Waals surface area contributed by atoms with Crippen molar-refractivity contribution in [1.29, 1.82) is 0 Å². The summed E-state index contributed by atoms with van der Waals surface area (Å²) in [7, 11) is -2.79. The summed E-state index contributed by atoms with van der Waals surface area (Å²) in [5, 5.41) is 0. The van der Waals surface area contributed by atoms with E-state index >= 15 is 0 Å². The first-order chi connectivity index (χ1) is 13.7. The first kappa shape index (κ1) is 24.0. The van der Waals surface area contributed by atoms with Crippen LogP contribution in [0.3, 0.4) is 0 Å². The maximum absolute atomic E-state index is 6.19. The fraction of sp³-hybridized carbons (Fsp3) is 0.900. The quantitative estimate of drug-likeness (QED) is 0.171. The lowest BCUT2D eigenvalue weighted by molar-refractivity contribution is 0.0565. The van der Waals surface area contributed by atoms with Crippen LogP contribution < -0.4 is 0 Å². The first-order valence-corrected chi connectivity index (χ1v) is 12.5. The summed E-state index contributed by atoms with van der Waals surface area (Å²) in [6, 6.07) is 0. The molecular formula is C20H38O7Si. The lowest BCUT2D eigenvalue weighted by atomic mass is 9.99. The van der Waals surface area contributed by atoms with Gasteiger partial charge >= 0.3 is 8.80 Å². The minimum Gasteiger partial charge on any atom is -0.379 e. The molecular weight excluding hydrogens is 380 g/mol. The minimum atomic E-state index is -2.79. The minimum absolute atomic E-state index is 0.323. The fourth-order valence-electron chi connectivity index (χ4n) is 2.96. The van der Waals surface area contributed by atoms with E-state index in [1.807, 2.05) is 13.8 Å². The Balaban J connectivity index is 1.70. The maximum Gasteiger partial charge on any atom is 0.529 e. The van der Waals surface area contributed by atoms with E-state index in [9.17, 15) is 0 Å². The van der Waals surface area contributed by atoms with Crippen molar-refractivity contribution in [3.05, 3.63) is 12.3 Å². The Labute approximate surface area is 171 Å². The van der Waals surface area contributed by atoms with Crippen molar-refractivity contribution in [3.8, 4) is 0 Å². The molecule has 0 aromatic heterocycles. The molecule has 28 heavy (non-hydrogen) atoms. The molecule has 2 heterocycles. The zero-order valence-corrected chi connectivity index (χ0v) is 18.6. The van der Waals surface area contributed by atoms with Crippen molar-refractivity contribution in [3.63, 3.8) is 0 Å². The van der Waals surface area contributed by atoms with Crippen LogP contribution in [0.2, 0.25) is 0 Å². The zero-order valence-electron chi connectivity index (χ0n) is 17.6. The molecule has 2 atom stereocenters. The van der Waals surface area contributed by atoms with E-state index in [1.54, 1.807) is 5.70 Å². The molecule has 0 spiro atoms. The van der Waals surface area contributed by atoms with Gasteiger partial charge in [-0.2, -0.15) is 0 Å². The van der Waals surface area contributed by atoms with Gasteiger partial charge in [0.15, 0.2) is 0 Å². The van der Waals surface area contributed by atoms with Crippen molar-refractivity contribution in [2.24, 2.45) is 5.92 Å². The van der Waals surface area contributed by atoms with Crippen molar-refractivity contribution in [1.82, 2.24) is 0 Å². The second kappa shape index (κ2) is 13.8. The third-order valence-electron chi connectivity index (χ3n) is 4.68. The predicted molar refractivity (Wildman–Crippen MR) is 108 cm³/mol. The summed E-state index contributed by atoms with van der Waals surface area (Å²) in [5.74, 6) is 0.411. The van der Waals surface area contributed by atoms with Crippen LogP contribution >= 0.6 is 0 Å². The zero-order chi connectivity index (χ0) is 20.1. The smallest absolute Gasteiger partial charge is 0.379 e. The summed E-state index contributed by atoms with van der Waals surface area (Å²) in [4.78, 5) is 0. The Morgan fingerprint density at radius 2 is 1.43 bits per heavy atom. The molecule has 0 aromatic rings. The van der Waals surface area contributed by atoms with Gasteiger partial charge < -0.3 is 32.2 Å². The van der Waals surface area contributed by atoms with Crippen LogP contribution in [0.4, 0.5) is 0 Å². The van der Waals surface area contributed by atoms with E-state index in [4.69, 9.17) is 32.2 Å². The molecule has 7 nitrogen and oxygen atoms in total. The molecule has 0 aliphatic carbocycles. The summed E-state index contributed by atoms with van der Waals surface area (Å²) < 4.78 is 39.5. The van der Waals surface area contributed by atoms with E-state index in [-0.39, 0.29) is 0 Å². The van der Waals surface area contributed by atoms with Crippen molar-refractivity contribution in [2.75, 3.05) is 59.5 Å². The van der Waals surface area contributed by atoms with Crippen LogP contribution in [-0.2, 0) is 32.2 Å². The highest BCUT2D eigenvalue weighted by Crippen LogP contribution is 2.20. The van der Waals surface area contributed by atoms with E-state index in [1.165, 1.54) is 0 Å². The van der Waals surface area contributed by atoms with Crippen LogP contribution in [0.25, 0.3) is 0 Å². The van der Waals surface area contributed by atoms with Gasteiger partial charge in [-0.25, -0.2) is 0 Å². The largest absolute Gasteiger partial charge is 0.529 e. The molecule has 164 valence electrons. The Kier molecular flexibility index (Phi) is 11.8. The molecule has 2 fully saturated rings. The monoisotopic (exact) mass is 418 g/mol. The van der Waals surface area contributed by atoms with Crippen molar-refractivity contribution in [2.45, 2.75) is 51.7 Å². The van der Waals surface area contributed by atoms with E-state index in [0.717, 1.165) is 52.1 Å². The lowest BCUT2D eigenvalue weighted by Crippen LogP contribution is -2.45. The highest BCUT2D eigenvalue weighted by Gasteiger charge is 2.37. The molecule has 2 unspecified atom stereocenters. The average Bonchev–Trinajstić information content (AvgIpc) is 3.60. The summed E-state index contributed by atoms with van der Waals surface area (Å²) in [6.07, 6.45) is 4.73. The van der Waals surface area contributed by atoms with Gasteiger partial charge in [-0.15, -0.1) is 0 Å². The van der Waals surface area contributed by atoms with Crippen LogP contribution in [-0.4, -0.2) is 80.5 Å². The van der Waals surface area contributed by atoms with E-state index < -0.39 is 8.80 Å². The molecule has 0 aromatic carbocycles. The van der Waals surface area contributed by atoms with Crippen molar-refractivity contribution >= 4 is 8.80 Å².